The minimum Gasteiger partial charge on any atom is -0.496 e. The Labute approximate surface area is 417 Å². The van der Waals surface area contributed by atoms with Crippen LogP contribution in [0.3, 0.4) is 0 Å². The number of rotatable bonds is 18. The maximum atomic E-state index is 13.1. The van der Waals surface area contributed by atoms with Crippen molar-refractivity contribution in [2.24, 2.45) is 11.8 Å². The highest BCUT2D eigenvalue weighted by Gasteiger charge is 2.25. The molecule has 6 rings (SSSR count). The second-order valence-corrected chi connectivity index (χ2v) is 19.0. The molecule has 0 N–H and O–H groups in total. The Bertz CT molecular complexity index is 2520. The molecule has 6 aromatic carbocycles. The third-order valence-corrected chi connectivity index (χ3v) is 12.0. The number of hydrogen-bond acceptors (Lipinski definition) is 12. The van der Waals surface area contributed by atoms with Gasteiger partial charge in [0.2, 0.25) is 0 Å². The summed E-state index contributed by atoms with van der Waals surface area (Å²) in [7, 11) is 2.94. The van der Waals surface area contributed by atoms with E-state index in [2.05, 4.69) is 59.0 Å². The summed E-state index contributed by atoms with van der Waals surface area (Å²) in [5.41, 5.74) is 2.45. The van der Waals surface area contributed by atoms with Crippen molar-refractivity contribution in [3.63, 3.8) is 0 Å². The van der Waals surface area contributed by atoms with E-state index >= 15 is 0 Å². The quantitative estimate of drug-likeness (QED) is 0.0459. The van der Waals surface area contributed by atoms with Crippen molar-refractivity contribution in [3.8, 4) is 46.0 Å². The first-order valence-electron chi connectivity index (χ1n) is 21.3. The lowest BCUT2D eigenvalue weighted by Crippen LogP contribution is -2.19. The zero-order valence-electron chi connectivity index (χ0n) is 38.3. The number of benzene rings is 6. The Morgan fingerprint density at radius 1 is 0.448 bits per heavy atom. The molecule has 6 aromatic rings. The van der Waals surface area contributed by atoms with Crippen molar-refractivity contribution in [2.45, 2.75) is 47.0 Å². The summed E-state index contributed by atoms with van der Waals surface area (Å²) >= 11 is 4.21. The molecule has 12 nitrogen and oxygen atoms in total. The summed E-state index contributed by atoms with van der Waals surface area (Å²) in [6, 6.07) is 33.2. The number of halogens is 2. The molecular formula is C53H50I2O12. The molecule has 0 spiro atoms. The van der Waals surface area contributed by atoms with Gasteiger partial charge in [-0.05, 0) is 153 Å². The molecular weight excluding hydrogens is 1080 g/mol. The van der Waals surface area contributed by atoms with Crippen LogP contribution < -0.4 is 37.9 Å². The fraction of sp³-hybridized carbons (Fsp3) is 0.245. The van der Waals surface area contributed by atoms with Crippen LogP contribution in [0.5, 0.6) is 46.0 Å². The number of carbonyl (C=O) groups is 4. The maximum absolute atomic E-state index is 13.1. The monoisotopic (exact) mass is 1130 g/mol. The molecule has 0 saturated heterocycles. The van der Waals surface area contributed by atoms with Crippen molar-refractivity contribution in [2.75, 3.05) is 27.4 Å². The summed E-state index contributed by atoms with van der Waals surface area (Å²) in [4.78, 5) is 52.4. The fourth-order valence-corrected chi connectivity index (χ4v) is 7.73. The first-order valence-corrected chi connectivity index (χ1v) is 23.4. The highest BCUT2D eigenvalue weighted by atomic mass is 127. The third-order valence-electron chi connectivity index (χ3n) is 10.3. The molecule has 0 heterocycles. The van der Waals surface area contributed by atoms with Crippen LogP contribution in [0.15, 0.2) is 121 Å². The van der Waals surface area contributed by atoms with E-state index in [1.165, 1.54) is 62.8 Å². The Morgan fingerprint density at radius 2 is 0.746 bits per heavy atom. The van der Waals surface area contributed by atoms with Crippen molar-refractivity contribution >= 4 is 69.1 Å². The van der Waals surface area contributed by atoms with Gasteiger partial charge in [-0.15, -0.1) is 0 Å². The van der Waals surface area contributed by atoms with Crippen LogP contribution in [0.4, 0.5) is 0 Å². The average Bonchev–Trinajstić information content (AvgIpc) is 3.31. The molecule has 0 bridgehead atoms. The summed E-state index contributed by atoms with van der Waals surface area (Å²) in [5.74, 6) is 1.33. The molecule has 0 aromatic heterocycles. The van der Waals surface area contributed by atoms with Crippen LogP contribution in [0.25, 0.3) is 0 Å². The summed E-state index contributed by atoms with van der Waals surface area (Å²) in [6.07, 6.45) is 0. The summed E-state index contributed by atoms with van der Waals surface area (Å²) in [6.45, 7) is 13.4. The molecule has 348 valence electrons. The molecule has 0 fully saturated rings. The Morgan fingerprint density at radius 3 is 1.04 bits per heavy atom. The smallest absolute Gasteiger partial charge is 0.347 e. The average molecular weight is 1130 g/mol. The van der Waals surface area contributed by atoms with Gasteiger partial charge in [0.1, 0.15) is 57.1 Å². The predicted octanol–water partition coefficient (Wildman–Crippen LogP) is 12.2. The first kappa shape index (κ1) is 50.3. The molecule has 0 aliphatic heterocycles. The molecule has 0 saturated carbocycles. The number of hydrogen-bond donors (Lipinski definition) is 0. The van der Waals surface area contributed by atoms with Gasteiger partial charge in [0.05, 0.1) is 45.7 Å². The topological polar surface area (TPSA) is 142 Å². The Balaban J connectivity index is 1.01. The molecule has 0 radical (unpaired) electrons. The number of carbonyl (C=O) groups excluding carboxylic acids is 4. The fourth-order valence-electron chi connectivity index (χ4n) is 6.48. The van der Waals surface area contributed by atoms with Gasteiger partial charge in [0, 0.05) is 17.5 Å². The van der Waals surface area contributed by atoms with Gasteiger partial charge >= 0.3 is 23.9 Å². The lowest BCUT2D eigenvalue weighted by Gasteiger charge is -2.26. The van der Waals surface area contributed by atoms with Gasteiger partial charge in [0.15, 0.2) is 0 Å². The van der Waals surface area contributed by atoms with Crippen LogP contribution in [0, 0.1) is 19.0 Å². The van der Waals surface area contributed by atoms with E-state index in [-0.39, 0.29) is 33.8 Å². The standard InChI is InChI=1S/C53H50I2O12/c1-31(2)29-62-47-27-45(60-7)41(25-43(47)54)51(58)66-37-17-9-33(10-18-37)49(56)64-39-21-13-35(14-22-39)53(5,6)36-15-23-40(24-16-36)65-50(57)34-11-19-38(20-12-34)67-52(59)42-26-44(55)48(28-46(42)61-8)63-30-32(3)4/h9-28,31-32H,29-30H2,1-8H3. The van der Waals surface area contributed by atoms with E-state index in [1.54, 1.807) is 48.5 Å². The molecule has 67 heavy (non-hydrogen) atoms. The van der Waals surface area contributed by atoms with Gasteiger partial charge < -0.3 is 37.9 Å². The van der Waals surface area contributed by atoms with Crippen molar-refractivity contribution in [3.05, 3.63) is 162 Å². The highest BCUT2D eigenvalue weighted by molar-refractivity contribution is 14.1. The van der Waals surface area contributed by atoms with Gasteiger partial charge in [0.25, 0.3) is 0 Å². The SMILES string of the molecule is COc1cc(OCC(C)C)c(I)cc1C(=O)Oc1ccc(C(=O)Oc2ccc(C(C)(C)c3ccc(OC(=O)c4ccc(OC(=O)c5cc(I)c(OCC(C)C)cc5OC)cc4)cc3)cc2)cc1. The molecule has 0 unspecified atom stereocenters. The van der Waals surface area contributed by atoms with Gasteiger partial charge in [-0.2, -0.15) is 0 Å². The van der Waals surface area contributed by atoms with Gasteiger partial charge in [-0.25, -0.2) is 19.2 Å². The van der Waals surface area contributed by atoms with Crippen LogP contribution in [0.1, 0.15) is 94.1 Å². The lowest BCUT2D eigenvalue weighted by atomic mass is 9.78. The van der Waals surface area contributed by atoms with Gasteiger partial charge in [-0.3, -0.25) is 0 Å². The van der Waals surface area contributed by atoms with E-state index in [0.29, 0.717) is 59.5 Å². The van der Waals surface area contributed by atoms with Crippen molar-refractivity contribution in [1.29, 1.82) is 0 Å². The maximum Gasteiger partial charge on any atom is 0.347 e. The Kier molecular flexibility index (Phi) is 16.9. The molecule has 0 atom stereocenters. The second-order valence-electron chi connectivity index (χ2n) is 16.7. The normalized spacial score (nSPS) is 11.2. The van der Waals surface area contributed by atoms with Crippen LogP contribution in [-0.2, 0) is 5.41 Å². The van der Waals surface area contributed by atoms with Crippen LogP contribution >= 0.6 is 45.2 Å². The summed E-state index contributed by atoms with van der Waals surface area (Å²) < 4.78 is 46.6. The third kappa shape index (κ3) is 13.1. The van der Waals surface area contributed by atoms with E-state index in [4.69, 9.17) is 37.9 Å². The number of esters is 4. The predicted molar refractivity (Wildman–Crippen MR) is 270 cm³/mol. The highest BCUT2D eigenvalue weighted by Crippen LogP contribution is 2.35. The number of ether oxygens (including phenoxy) is 8. The minimum absolute atomic E-state index is 0.239. The van der Waals surface area contributed by atoms with E-state index in [1.807, 2.05) is 52.0 Å². The molecule has 14 heteroatoms. The largest absolute Gasteiger partial charge is 0.496 e. The van der Waals surface area contributed by atoms with Gasteiger partial charge in [-0.1, -0.05) is 65.8 Å². The second kappa shape index (κ2) is 22.6. The van der Waals surface area contributed by atoms with E-state index in [9.17, 15) is 19.2 Å². The zero-order valence-corrected chi connectivity index (χ0v) is 42.6. The van der Waals surface area contributed by atoms with E-state index < -0.39 is 29.3 Å². The van der Waals surface area contributed by atoms with Crippen molar-refractivity contribution in [1.82, 2.24) is 0 Å². The van der Waals surface area contributed by atoms with Crippen LogP contribution in [0.2, 0.25) is 0 Å². The molecule has 0 amide bonds. The summed E-state index contributed by atoms with van der Waals surface area (Å²) in [5, 5.41) is 0. The van der Waals surface area contributed by atoms with Crippen molar-refractivity contribution < 1.29 is 57.1 Å². The lowest BCUT2D eigenvalue weighted by molar-refractivity contribution is 0.0717. The molecule has 0 aliphatic carbocycles. The molecule has 0 aliphatic rings. The van der Waals surface area contributed by atoms with E-state index in [0.717, 1.165) is 18.3 Å². The zero-order chi connectivity index (χ0) is 48.4. The minimum atomic E-state index is -0.618. The first-order chi connectivity index (χ1) is 31.9. The van der Waals surface area contributed by atoms with Crippen LogP contribution in [-0.4, -0.2) is 51.3 Å². The Hall–Kier alpha value is -6.14. The number of methoxy groups -OCH3 is 2.